The summed E-state index contributed by atoms with van der Waals surface area (Å²) in [5.74, 6) is -0.881. The van der Waals surface area contributed by atoms with Crippen molar-refractivity contribution in [2.75, 3.05) is 11.9 Å². The van der Waals surface area contributed by atoms with Gasteiger partial charge in [-0.25, -0.2) is 0 Å². The molecule has 3 aromatic rings. The van der Waals surface area contributed by atoms with Crippen LogP contribution in [-0.2, 0) is 14.9 Å². The molecule has 0 radical (unpaired) electrons. The highest BCUT2D eigenvalue weighted by atomic mass is 35.5. The minimum atomic E-state index is -4.35. The maximum atomic E-state index is 12.7. The van der Waals surface area contributed by atoms with Gasteiger partial charge in [0.2, 0.25) is 0 Å². The summed E-state index contributed by atoms with van der Waals surface area (Å²) in [5, 5.41) is 23.2. The summed E-state index contributed by atoms with van der Waals surface area (Å²) in [7, 11) is -4.35. The zero-order chi connectivity index (χ0) is 27.2. The summed E-state index contributed by atoms with van der Waals surface area (Å²) in [6, 6.07) is 14.7. The first-order valence-electron chi connectivity index (χ1n) is 10.4. The van der Waals surface area contributed by atoms with Crippen molar-refractivity contribution in [3.8, 4) is 17.6 Å². The van der Waals surface area contributed by atoms with Gasteiger partial charge in [-0.2, -0.15) is 13.7 Å². The Morgan fingerprint density at radius 3 is 2.46 bits per heavy atom. The van der Waals surface area contributed by atoms with Crippen LogP contribution >= 0.6 is 23.2 Å². The van der Waals surface area contributed by atoms with Gasteiger partial charge in [-0.1, -0.05) is 35.3 Å². The van der Waals surface area contributed by atoms with Crippen molar-refractivity contribution in [3.05, 3.63) is 92.0 Å². The lowest BCUT2D eigenvalue weighted by Crippen LogP contribution is -2.14. The zero-order valence-electron chi connectivity index (χ0n) is 19.0. The van der Waals surface area contributed by atoms with E-state index < -0.39 is 20.9 Å². The van der Waals surface area contributed by atoms with Crippen LogP contribution in [0, 0.1) is 21.4 Å². The first-order chi connectivity index (χ1) is 17.6. The zero-order valence-corrected chi connectivity index (χ0v) is 21.3. The third kappa shape index (κ3) is 6.77. The highest BCUT2D eigenvalue weighted by molar-refractivity contribution is 7.87. The molecule has 3 aromatic carbocycles. The Labute approximate surface area is 221 Å². The highest BCUT2D eigenvalue weighted by Gasteiger charge is 2.21. The molecular weight excluding hydrogens is 545 g/mol. The van der Waals surface area contributed by atoms with E-state index in [4.69, 9.17) is 32.1 Å². The van der Waals surface area contributed by atoms with E-state index in [9.17, 15) is 28.6 Å². The van der Waals surface area contributed by atoms with Crippen LogP contribution in [0.5, 0.6) is 11.5 Å². The molecule has 190 valence electrons. The lowest BCUT2D eigenvalue weighted by molar-refractivity contribution is -0.384. The molecule has 10 nitrogen and oxygen atoms in total. The summed E-state index contributed by atoms with van der Waals surface area (Å²) in [4.78, 5) is 22.5. The minimum absolute atomic E-state index is 0.0253. The number of halogens is 2. The number of nitro benzene ring substituents is 1. The van der Waals surface area contributed by atoms with E-state index >= 15 is 0 Å². The number of rotatable bonds is 9. The van der Waals surface area contributed by atoms with E-state index in [2.05, 4.69) is 5.32 Å². The van der Waals surface area contributed by atoms with Crippen molar-refractivity contribution in [2.45, 2.75) is 11.8 Å². The van der Waals surface area contributed by atoms with E-state index in [0.29, 0.717) is 5.56 Å². The fourth-order valence-electron chi connectivity index (χ4n) is 2.96. The molecular formula is C24H17Cl2N3O7S. The van der Waals surface area contributed by atoms with Crippen molar-refractivity contribution < 1.29 is 27.1 Å². The number of benzene rings is 3. The van der Waals surface area contributed by atoms with Crippen LogP contribution in [0.3, 0.4) is 0 Å². The minimum Gasteiger partial charge on any atom is -0.490 e. The fourth-order valence-corrected chi connectivity index (χ4v) is 4.25. The van der Waals surface area contributed by atoms with Crippen LogP contribution < -0.4 is 14.2 Å². The molecule has 0 saturated heterocycles. The molecule has 3 rings (SSSR count). The van der Waals surface area contributed by atoms with Crippen molar-refractivity contribution in [3.63, 3.8) is 0 Å². The summed E-state index contributed by atoms with van der Waals surface area (Å²) >= 11 is 12.0. The molecule has 1 N–H and O–H groups in total. The van der Waals surface area contributed by atoms with E-state index in [-0.39, 0.29) is 50.0 Å². The van der Waals surface area contributed by atoms with Crippen LogP contribution in [0.15, 0.2) is 71.1 Å². The van der Waals surface area contributed by atoms with E-state index in [1.807, 2.05) is 0 Å². The van der Waals surface area contributed by atoms with Gasteiger partial charge in [0, 0.05) is 12.1 Å². The molecule has 13 heteroatoms. The first-order valence-corrected chi connectivity index (χ1v) is 12.5. The smallest absolute Gasteiger partial charge is 0.339 e. The van der Waals surface area contributed by atoms with Gasteiger partial charge in [0.1, 0.15) is 16.5 Å². The molecule has 0 atom stereocenters. The fraction of sp³-hybridized carbons (Fsp3) is 0.0833. The van der Waals surface area contributed by atoms with Gasteiger partial charge in [0.15, 0.2) is 11.5 Å². The molecule has 0 aliphatic carbocycles. The van der Waals surface area contributed by atoms with Gasteiger partial charge in [-0.3, -0.25) is 14.9 Å². The third-order valence-corrected chi connectivity index (χ3v) is 6.75. The molecule has 0 unspecified atom stereocenters. The largest absolute Gasteiger partial charge is 0.490 e. The number of hydrogen-bond donors (Lipinski definition) is 1. The van der Waals surface area contributed by atoms with Crippen molar-refractivity contribution in [1.29, 1.82) is 5.26 Å². The normalized spacial score (nSPS) is 11.4. The standard InChI is InChI=1S/C24H17Cl2N3O7S/c1-2-35-22-13-15(12-16(14-27)24(30)28-20-5-3-4-19(25)23(20)26)6-11-21(22)36-37(33,34)18-9-7-17(8-10-18)29(31)32/h3-13H,2H2,1H3,(H,28,30)/b16-12+. The number of nitriles is 1. The SMILES string of the molecule is CCOc1cc(/C=C(\C#N)C(=O)Nc2cccc(Cl)c2Cl)ccc1OS(=O)(=O)c1ccc([N+](=O)[O-])cc1. The quantitative estimate of drug-likeness (QED) is 0.116. The van der Waals surface area contributed by atoms with Crippen LogP contribution in [0.25, 0.3) is 6.08 Å². The molecule has 0 heterocycles. The number of hydrogen-bond acceptors (Lipinski definition) is 8. The second kappa shape index (κ2) is 11.7. The number of ether oxygens (including phenoxy) is 1. The number of amides is 1. The third-order valence-electron chi connectivity index (χ3n) is 4.68. The van der Waals surface area contributed by atoms with Gasteiger partial charge in [-0.05, 0) is 55.0 Å². The number of non-ortho nitro benzene ring substituents is 1. The van der Waals surface area contributed by atoms with E-state index in [1.54, 1.807) is 25.1 Å². The lowest BCUT2D eigenvalue weighted by Gasteiger charge is -2.13. The van der Waals surface area contributed by atoms with Gasteiger partial charge < -0.3 is 14.2 Å². The molecule has 1 amide bonds. The lowest BCUT2D eigenvalue weighted by atomic mass is 10.1. The van der Waals surface area contributed by atoms with Gasteiger partial charge in [0.25, 0.3) is 11.6 Å². The second-order valence-corrected chi connectivity index (χ2v) is 9.48. The molecule has 0 fully saturated rings. The summed E-state index contributed by atoms with van der Waals surface area (Å²) in [5.41, 5.74) is 0.00803. The number of nitrogens with zero attached hydrogens (tertiary/aromatic N) is 2. The number of nitrogens with one attached hydrogen (secondary N) is 1. The monoisotopic (exact) mass is 561 g/mol. The predicted molar refractivity (Wildman–Crippen MR) is 137 cm³/mol. The molecule has 0 spiro atoms. The Kier molecular flexibility index (Phi) is 8.73. The average molecular weight is 562 g/mol. The Balaban J connectivity index is 1.88. The number of anilines is 1. The topological polar surface area (TPSA) is 149 Å². The highest BCUT2D eigenvalue weighted by Crippen LogP contribution is 2.33. The summed E-state index contributed by atoms with van der Waals surface area (Å²) < 4.78 is 36.1. The Bertz CT molecular complexity index is 1530. The summed E-state index contributed by atoms with van der Waals surface area (Å²) in [6.07, 6.45) is 1.27. The molecule has 0 saturated carbocycles. The maximum Gasteiger partial charge on any atom is 0.339 e. The summed E-state index contributed by atoms with van der Waals surface area (Å²) in [6.45, 7) is 1.82. The number of carbonyl (C=O) groups is 1. The predicted octanol–water partition coefficient (Wildman–Crippen LogP) is 5.61. The Morgan fingerprint density at radius 1 is 1.14 bits per heavy atom. The maximum absolute atomic E-state index is 12.7. The van der Waals surface area contributed by atoms with E-state index in [1.165, 1.54) is 30.3 Å². The molecule has 0 aliphatic rings. The van der Waals surface area contributed by atoms with Crippen molar-refractivity contribution in [1.82, 2.24) is 0 Å². The molecule has 0 aromatic heterocycles. The van der Waals surface area contributed by atoms with Crippen LogP contribution in [0.1, 0.15) is 12.5 Å². The number of carbonyl (C=O) groups excluding carboxylic acids is 1. The van der Waals surface area contributed by atoms with Crippen molar-refractivity contribution in [2.24, 2.45) is 0 Å². The van der Waals surface area contributed by atoms with Gasteiger partial charge in [-0.15, -0.1) is 0 Å². The Morgan fingerprint density at radius 2 is 1.84 bits per heavy atom. The van der Waals surface area contributed by atoms with Crippen LogP contribution in [0.2, 0.25) is 10.0 Å². The van der Waals surface area contributed by atoms with Crippen molar-refractivity contribution >= 4 is 56.7 Å². The van der Waals surface area contributed by atoms with E-state index in [0.717, 1.165) is 24.3 Å². The average Bonchev–Trinajstić information content (AvgIpc) is 2.86. The van der Waals surface area contributed by atoms with Gasteiger partial charge >= 0.3 is 10.1 Å². The van der Waals surface area contributed by atoms with Crippen LogP contribution in [-0.4, -0.2) is 25.9 Å². The van der Waals surface area contributed by atoms with Gasteiger partial charge in [0.05, 0.1) is 27.3 Å². The Hall–Kier alpha value is -4.11. The molecule has 37 heavy (non-hydrogen) atoms. The number of nitro groups is 1. The molecule has 0 bridgehead atoms. The van der Waals surface area contributed by atoms with Crippen LogP contribution in [0.4, 0.5) is 11.4 Å². The second-order valence-electron chi connectivity index (χ2n) is 7.15. The molecule has 0 aliphatic heterocycles. The first kappa shape index (κ1) is 27.5.